The molecule has 1 aromatic heterocycles. The molecule has 0 aliphatic carbocycles. The molecule has 2 atom stereocenters. The number of hydrogen-bond donors (Lipinski definition) is 3. The van der Waals surface area contributed by atoms with E-state index < -0.39 is 0 Å². The van der Waals surface area contributed by atoms with Gasteiger partial charge in [0, 0.05) is 63.0 Å². The molecule has 2 aliphatic rings. The normalized spacial score (nSPS) is 20.2. The van der Waals surface area contributed by atoms with Crippen LogP contribution in [0.15, 0.2) is 6.20 Å². The smallest absolute Gasteiger partial charge is 0.317 e. The maximum absolute atomic E-state index is 14.0. The van der Waals surface area contributed by atoms with Crippen LogP contribution in [-0.2, 0) is 5.41 Å². The van der Waals surface area contributed by atoms with E-state index in [-0.39, 0.29) is 36.9 Å². The highest BCUT2D eigenvalue weighted by atomic mass is 32.2. The van der Waals surface area contributed by atoms with Gasteiger partial charge in [-0.2, -0.15) is 11.8 Å². The Kier molecular flexibility index (Phi) is 11.3. The minimum atomic E-state index is -0.217. The first kappa shape index (κ1) is 30.2. The van der Waals surface area contributed by atoms with Crippen molar-refractivity contribution in [2.45, 2.75) is 72.4 Å². The molecule has 0 bridgehead atoms. The summed E-state index contributed by atoms with van der Waals surface area (Å²) in [5, 5.41) is 9.79. The molecule has 2 aliphatic heterocycles. The van der Waals surface area contributed by atoms with Crippen LogP contribution >= 0.6 is 11.8 Å². The second kappa shape index (κ2) is 13.5. The zero-order valence-electron chi connectivity index (χ0n) is 22.2. The molecule has 10 heteroatoms. The van der Waals surface area contributed by atoms with Gasteiger partial charge in [-0.1, -0.05) is 42.0 Å². The molecule has 3 rings (SSSR count). The summed E-state index contributed by atoms with van der Waals surface area (Å²) in [7, 11) is 0. The van der Waals surface area contributed by atoms with Gasteiger partial charge in [0.15, 0.2) is 0 Å². The molecule has 3 heterocycles. The summed E-state index contributed by atoms with van der Waals surface area (Å²) in [6, 6.07) is 0.0492. The fraction of sp³-hybridized carbons (Fsp3) is 0.769. The number of piperidine rings is 1. The van der Waals surface area contributed by atoms with Gasteiger partial charge in [-0.05, 0) is 30.8 Å². The number of nitrogens with one attached hydrogen (secondary N) is 3. The zero-order valence-corrected chi connectivity index (χ0v) is 23.0. The van der Waals surface area contributed by atoms with E-state index in [1.807, 2.05) is 21.6 Å². The average Bonchev–Trinajstić information content (AvgIpc) is 3.25. The Morgan fingerprint density at radius 3 is 2.69 bits per heavy atom. The monoisotopic (exact) mass is 521 g/mol. The lowest BCUT2D eigenvalue weighted by Gasteiger charge is -2.41. The van der Waals surface area contributed by atoms with E-state index in [0.29, 0.717) is 43.5 Å². The molecule has 0 spiro atoms. The molecule has 2 saturated heterocycles. The lowest BCUT2D eigenvalue weighted by molar-refractivity contribution is 0.0567. The standard InChI is InChI=1S/C25H43N7O2S.CH4/c1-17(2)16-32(19-12-18(13-26-14-19)31-10-9-28-24(31)34)22(33)20-15-29-23(25(3,4)5)30-21(20)27-8-7-11-35-6;/h15,17-19,26H,7-14,16H2,1-6H3,(H,28,34)(H,27,29,30);1H4/t18-,19+;/m1./s1. The molecule has 36 heavy (non-hydrogen) atoms. The van der Waals surface area contributed by atoms with Crippen molar-refractivity contribution in [3.8, 4) is 0 Å². The molecule has 3 amide bonds. The van der Waals surface area contributed by atoms with Crippen molar-refractivity contribution in [3.63, 3.8) is 0 Å². The molecule has 204 valence electrons. The summed E-state index contributed by atoms with van der Waals surface area (Å²) in [5.74, 6) is 2.64. The first-order chi connectivity index (χ1) is 16.6. The minimum Gasteiger partial charge on any atom is -0.369 e. The lowest BCUT2D eigenvalue weighted by atomic mass is 9.95. The summed E-state index contributed by atoms with van der Waals surface area (Å²) in [5.41, 5.74) is 0.301. The molecule has 0 radical (unpaired) electrons. The average molecular weight is 522 g/mol. The number of aromatic nitrogens is 2. The zero-order chi connectivity index (χ0) is 25.6. The predicted octanol–water partition coefficient (Wildman–Crippen LogP) is 3.43. The Morgan fingerprint density at radius 2 is 2.08 bits per heavy atom. The Balaban J connectivity index is 0.00000456. The van der Waals surface area contributed by atoms with Gasteiger partial charge < -0.3 is 25.8 Å². The fourth-order valence-electron chi connectivity index (χ4n) is 4.61. The Morgan fingerprint density at radius 1 is 1.33 bits per heavy atom. The van der Waals surface area contributed by atoms with Gasteiger partial charge in [0.2, 0.25) is 0 Å². The molecule has 2 fully saturated rings. The van der Waals surface area contributed by atoms with Gasteiger partial charge in [0.05, 0.1) is 0 Å². The maximum atomic E-state index is 14.0. The van der Waals surface area contributed by atoms with Crippen LogP contribution in [0.25, 0.3) is 0 Å². The van der Waals surface area contributed by atoms with Crippen LogP contribution in [0.4, 0.5) is 10.6 Å². The Bertz CT molecular complexity index is 874. The Labute approximate surface area is 222 Å². The van der Waals surface area contributed by atoms with Crippen LogP contribution in [0.3, 0.4) is 0 Å². The van der Waals surface area contributed by atoms with E-state index >= 15 is 0 Å². The third kappa shape index (κ3) is 7.71. The van der Waals surface area contributed by atoms with Crippen molar-refractivity contribution >= 4 is 29.5 Å². The topological polar surface area (TPSA) is 102 Å². The molecular weight excluding hydrogens is 474 g/mol. The van der Waals surface area contributed by atoms with Crippen LogP contribution in [0, 0.1) is 5.92 Å². The summed E-state index contributed by atoms with van der Waals surface area (Å²) < 4.78 is 0. The first-order valence-corrected chi connectivity index (χ1v) is 14.2. The van der Waals surface area contributed by atoms with Gasteiger partial charge >= 0.3 is 6.03 Å². The van der Waals surface area contributed by atoms with Gasteiger partial charge in [-0.15, -0.1) is 0 Å². The third-order valence-electron chi connectivity index (χ3n) is 6.41. The van der Waals surface area contributed by atoms with Crippen LogP contribution in [-0.4, -0.2) is 95.1 Å². The van der Waals surface area contributed by atoms with E-state index in [1.165, 1.54) is 0 Å². The van der Waals surface area contributed by atoms with E-state index in [4.69, 9.17) is 4.98 Å². The second-order valence-corrected chi connectivity index (χ2v) is 11.9. The summed E-state index contributed by atoms with van der Waals surface area (Å²) in [4.78, 5) is 39.6. The van der Waals surface area contributed by atoms with Crippen molar-refractivity contribution < 1.29 is 9.59 Å². The fourth-order valence-corrected chi connectivity index (χ4v) is 5.04. The van der Waals surface area contributed by atoms with Gasteiger partial charge in [-0.3, -0.25) is 4.79 Å². The van der Waals surface area contributed by atoms with Crippen LogP contribution in [0.2, 0.25) is 0 Å². The number of carbonyl (C=O) groups excluding carboxylic acids is 2. The molecule has 0 saturated carbocycles. The second-order valence-electron chi connectivity index (χ2n) is 11.0. The number of hydrogen-bond acceptors (Lipinski definition) is 7. The molecule has 3 N–H and O–H groups in total. The van der Waals surface area contributed by atoms with Crippen molar-refractivity contribution in [2.75, 3.05) is 56.6 Å². The highest BCUT2D eigenvalue weighted by Crippen LogP contribution is 2.25. The van der Waals surface area contributed by atoms with E-state index in [1.54, 1.807) is 6.20 Å². The van der Waals surface area contributed by atoms with Gasteiger partial charge in [-0.25, -0.2) is 14.8 Å². The summed E-state index contributed by atoms with van der Waals surface area (Å²) >= 11 is 1.81. The molecule has 1 aromatic rings. The van der Waals surface area contributed by atoms with Gasteiger partial charge in [0.25, 0.3) is 5.91 Å². The number of urea groups is 1. The number of carbonyl (C=O) groups is 2. The van der Waals surface area contributed by atoms with E-state index in [0.717, 1.165) is 37.5 Å². The van der Waals surface area contributed by atoms with Crippen LogP contribution in [0.1, 0.15) is 71.1 Å². The predicted molar refractivity (Wildman–Crippen MR) is 150 cm³/mol. The molecule has 0 unspecified atom stereocenters. The minimum absolute atomic E-state index is 0. The number of nitrogens with zero attached hydrogens (tertiary/aromatic N) is 4. The van der Waals surface area contributed by atoms with Crippen molar-refractivity contribution in [3.05, 3.63) is 17.6 Å². The van der Waals surface area contributed by atoms with E-state index in [2.05, 4.69) is 61.8 Å². The highest BCUT2D eigenvalue weighted by molar-refractivity contribution is 7.98. The number of amides is 3. The Hall–Kier alpha value is -2.07. The SMILES string of the molecule is C.CSCCCNc1nc(C(C)(C)C)ncc1C(=O)N(CC(C)C)[C@@H]1CNC[C@H](N2CCNC2=O)C1. The number of anilines is 1. The molecule has 9 nitrogen and oxygen atoms in total. The maximum Gasteiger partial charge on any atom is 0.317 e. The lowest BCUT2D eigenvalue weighted by Crippen LogP contribution is -2.58. The highest BCUT2D eigenvalue weighted by Gasteiger charge is 2.37. The molecular formula is C26H47N7O2S. The van der Waals surface area contributed by atoms with Crippen molar-refractivity contribution in [2.24, 2.45) is 5.92 Å². The number of thioether (sulfide) groups is 1. The van der Waals surface area contributed by atoms with Crippen LogP contribution in [0.5, 0.6) is 0 Å². The third-order valence-corrected chi connectivity index (χ3v) is 7.10. The summed E-state index contributed by atoms with van der Waals surface area (Å²) in [6.07, 6.45) is 5.54. The van der Waals surface area contributed by atoms with E-state index in [9.17, 15) is 9.59 Å². The van der Waals surface area contributed by atoms with Crippen LogP contribution < -0.4 is 16.0 Å². The first-order valence-electron chi connectivity index (χ1n) is 12.8. The van der Waals surface area contributed by atoms with Crippen molar-refractivity contribution in [1.29, 1.82) is 0 Å². The summed E-state index contributed by atoms with van der Waals surface area (Å²) in [6.45, 7) is 14.7. The van der Waals surface area contributed by atoms with Gasteiger partial charge in [0.1, 0.15) is 17.2 Å². The quantitative estimate of drug-likeness (QED) is 0.406. The van der Waals surface area contributed by atoms with Crippen molar-refractivity contribution in [1.82, 2.24) is 30.4 Å². The number of rotatable bonds is 10. The largest absolute Gasteiger partial charge is 0.369 e. The molecule has 0 aromatic carbocycles.